The number of piperazine rings is 1. The van der Waals surface area contributed by atoms with Gasteiger partial charge in [-0.15, -0.1) is 0 Å². The second-order valence-corrected chi connectivity index (χ2v) is 6.50. The number of hydrogen-bond donors (Lipinski definition) is 1. The summed E-state index contributed by atoms with van der Waals surface area (Å²) in [5.74, 6) is -0.182. The molecule has 4 rings (SSSR count). The van der Waals surface area contributed by atoms with E-state index in [-0.39, 0.29) is 5.97 Å². The predicted octanol–water partition coefficient (Wildman–Crippen LogP) is 2.87. The number of fused-ring (bicyclic) bond motifs is 1. The first-order chi connectivity index (χ1) is 13.2. The van der Waals surface area contributed by atoms with Gasteiger partial charge in [0.05, 0.1) is 13.7 Å². The maximum atomic E-state index is 11.4. The van der Waals surface area contributed by atoms with Crippen LogP contribution in [0.25, 0.3) is 11.1 Å². The molecule has 1 fully saturated rings. The van der Waals surface area contributed by atoms with Crippen LogP contribution < -0.4 is 10.2 Å². The van der Waals surface area contributed by atoms with Crippen LogP contribution in [0.4, 0.5) is 17.4 Å². The Labute approximate surface area is 157 Å². The molecule has 1 aliphatic heterocycles. The first-order valence-corrected chi connectivity index (χ1v) is 8.98. The predicted molar refractivity (Wildman–Crippen MR) is 104 cm³/mol. The van der Waals surface area contributed by atoms with E-state index < -0.39 is 0 Å². The van der Waals surface area contributed by atoms with Gasteiger partial charge in [-0.2, -0.15) is 4.98 Å². The van der Waals surface area contributed by atoms with Gasteiger partial charge in [0.1, 0.15) is 5.52 Å². The summed E-state index contributed by atoms with van der Waals surface area (Å²) >= 11 is 0. The molecule has 1 saturated heterocycles. The van der Waals surface area contributed by atoms with E-state index in [0.717, 1.165) is 48.7 Å². The van der Waals surface area contributed by atoms with Gasteiger partial charge < -0.3 is 19.4 Å². The topological polar surface area (TPSA) is 70.8 Å². The molecular weight excluding hydrogens is 344 g/mol. The summed E-state index contributed by atoms with van der Waals surface area (Å²) in [6.07, 6.45) is 0. The van der Waals surface area contributed by atoms with Crippen molar-refractivity contribution in [2.24, 2.45) is 0 Å². The van der Waals surface area contributed by atoms with E-state index in [4.69, 9.17) is 9.15 Å². The minimum Gasteiger partial charge on any atom is -0.468 e. The van der Waals surface area contributed by atoms with Crippen LogP contribution in [-0.2, 0) is 9.53 Å². The summed E-state index contributed by atoms with van der Waals surface area (Å²) in [5, 5.41) is 3.20. The molecule has 2 heterocycles. The number of rotatable bonds is 5. The zero-order valence-electron chi connectivity index (χ0n) is 15.2. The first-order valence-electron chi connectivity index (χ1n) is 8.98. The van der Waals surface area contributed by atoms with Crippen molar-refractivity contribution in [2.75, 3.05) is 50.1 Å². The molecule has 7 nitrogen and oxygen atoms in total. The van der Waals surface area contributed by atoms with E-state index in [0.29, 0.717) is 12.6 Å². The second-order valence-electron chi connectivity index (χ2n) is 6.50. The lowest BCUT2D eigenvalue weighted by atomic mass is 10.2. The lowest BCUT2D eigenvalue weighted by Crippen LogP contribution is -2.48. The number of esters is 1. The lowest BCUT2D eigenvalue weighted by Gasteiger charge is -2.35. The van der Waals surface area contributed by atoms with Crippen LogP contribution in [0.15, 0.2) is 52.9 Å². The van der Waals surface area contributed by atoms with E-state index in [1.165, 1.54) is 7.11 Å². The summed E-state index contributed by atoms with van der Waals surface area (Å²) in [5.41, 5.74) is 3.69. The summed E-state index contributed by atoms with van der Waals surface area (Å²) in [4.78, 5) is 20.2. The zero-order chi connectivity index (χ0) is 18.6. The standard InChI is InChI=1S/C20H22N4O3/c1-26-19(25)14-23-10-12-24(13-11-23)16-8-6-15(7-9-16)21-20-22-17-4-2-3-5-18(17)27-20/h2-9H,10-14H2,1H3,(H,21,22). The smallest absolute Gasteiger partial charge is 0.319 e. The van der Waals surface area contributed by atoms with Gasteiger partial charge in [0, 0.05) is 37.6 Å². The second kappa shape index (κ2) is 7.67. The van der Waals surface area contributed by atoms with Crippen molar-refractivity contribution in [3.63, 3.8) is 0 Å². The molecule has 0 saturated carbocycles. The van der Waals surface area contributed by atoms with E-state index >= 15 is 0 Å². The third-order valence-corrected chi connectivity index (χ3v) is 4.73. The molecule has 0 spiro atoms. The molecule has 1 aliphatic rings. The number of hydrogen-bond acceptors (Lipinski definition) is 7. The van der Waals surface area contributed by atoms with Gasteiger partial charge in [0.2, 0.25) is 0 Å². The third kappa shape index (κ3) is 4.03. The van der Waals surface area contributed by atoms with Crippen LogP contribution in [0, 0.1) is 0 Å². The van der Waals surface area contributed by atoms with Gasteiger partial charge in [0.15, 0.2) is 5.58 Å². The Morgan fingerprint density at radius 2 is 1.85 bits per heavy atom. The van der Waals surface area contributed by atoms with Crippen LogP contribution in [0.1, 0.15) is 0 Å². The van der Waals surface area contributed by atoms with Crippen molar-refractivity contribution >= 4 is 34.5 Å². The van der Waals surface area contributed by atoms with Gasteiger partial charge in [-0.1, -0.05) is 12.1 Å². The number of aromatic nitrogens is 1. The van der Waals surface area contributed by atoms with Gasteiger partial charge >= 0.3 is 5.97 Å². The number of benzene rings is 2. The van der Waals surface area contributed by atoms with E-state index in [1.54, 1.807) is 0 Å². The highest BCUT2D eigenvalue weighted by Gasteiger charge is 2.19. The van der Waals surface area contributed by atoms with Crippen molar-refractivity contribution in [2.45, 2.75) is 0 Å². The Kier molecular flexibility index (Phi) is 4.93. The molecule has 0 radical (unpaired) electrons. The number of methoxy groups -OCH3 is 1. The Bertz CT molecular complexity index is 881. The van der Waals surface area contributed by atoms with Gasteiger partial charge in [-0.25, -0.2) is 0 Å². The van der Waals surface area contributed by atoms with Crippen molar-refractivity contribution in [1.82, 2.24) is 9.88 Å². The Morgan fingerprint density at radius 3 is 2.56 bits per heavy atom. The maximum absolute atomic E-state index is 11.4. The normalized spacial score (nSPS) is 15.1. The number of carbonyl (C=O) groups excluding carboxylic acids is 1. The van der Waals surface area contributed by atoms with E-state index in [2.05, 4.69) is 32.2 Å². The average Bonchev–Trinajstić information content (AvgIpc) is 3.11. The van der Waals surface area contributed by atoms with Gasteiger partial charge in [-0.05, 0) is 36.4 Å². The highest BCUT2D eigenvalue weighted by Crippen LogP contribution is 2.24. The van der Waals surface area contributed by atoms with E-state index in [1.807, 2.05) is 36.4 Å². The number of carbonyl (C=O) groups is 1. The zero-order valence-corrected chi connectivity index (χ0v) is 15.2. The van der Waals surface area contributed by atoms with Crippen LogP contribution in [-0.4, -0.2) is 55.7 Å². The van der Waals surface area contributed by atoms with Crippen molar-refractivity contribution in [3.8, 4) is 0 Å². The van der Waals surface area contributed by atoms with E-state index in [9.17, 15) is 4.79 Å². The molecule has 0 unspecified atom stereocenters. The highest BCUT2D eigenvalue weighted by atomic mass is 16.5. The van der Waals surface area contributed by atoms with Crippen molar-refractivity contribution < 1.29 is 13.9 Å². The quantitative estimate of drug-likeness (QED) is 0.696. The molecule has 0 bridgehead atoms. The van der Waals surface area contributed by atoms with Crippen molar-refractivity contribution in [3.05, 3.63) is 48.5 Å². The highest BCUT2D eigenvalue weighted by molar-refractivity contribution is 5.75. The average molecular weight is 366 g/mol. The first kappa shape index (κ1) is 17.4. The molecule has 3 aromatic rings. The molecule has 7 heteroatoms. The maximum Gasteiger partial charge on any atom is 0.319 e. The number of anilines is 3. The number of nitrogens with zero attached hydrogens (tertiary/aromatic N) is 3. The summed E-state index contributed by atoms with van der Waals surface area (Å²) in [6, 6.07) is 16.4. The van der Waals surface area contributed by atoms with Crippen LogP contribution in [0.2, 0.25) is 0 Å². The molecule has 27 heavy (non-hydrogen) atoms. The largest absolute Gasteiger partial charge is 0.468 e. The third-order valence-electron chi connectivity index (χ3n) is 4.73. The lowest BCUT2D eigenvalue weighted by molar-refractivity contribution is -0.142. The number of ether oxygens (including phenoxy) is 1. The Hall–Kier alpha value is -3.06. The fourth-order valence-corrected chi connectivity index (χ4v) is 3.22. The van der Waals surface area contributed by atoms with Crippen molar-refractivity contribution in [1.29, 1.82) is 0 Å². The molecule has 0 atom stereocenters. The summed E-state index contributed by atoms with van der Waals surface area (Å²) in [6.45, 7) is 3.82. The molecular formula is C20H22N4O3. The number of nitrogens with one attached hydrogen (secondary N) is 1. The molecule has 1 N–H and O–H groups in total. The summed E-state index contributed by atoms with van der Waals surface area (Å²) in [7, 11) is 1.43. The Balaban J connectivity index is 1.36. The van der Waals surface area contributed by atoms with Crippen LogP contribution in [0.3, 0.4) is 0 Å². The van der Waals surface area contributed by atoms with Gasteiger partial charge in [0.25, 0.3) is 6.01 Å². The molecule has 2 aromatic carbocycles. The van der Waals surface area contributed by atoms with Crippen LogP contribution in [0.5, 0.6) is 0 Å². The summed E-state index contributed by atoms with van der Waals surface area (Å²) < 4.78 is 10.4. The molecule has 0 aliphatic carbocycles. The number of oxazole rings is 1. The van der Waals surface area contributed by atoms with Gasteiger partial charge in [-0.3, -0.25) is 9.69 Å². The molecule has 0 amide bonds. The minimum absolute atomic E-state index is 0.182. The minimum atomic E-state index is -0.182. The molecule has 140 valence electrons. The monoisotopic (exact) mass is 366 g/mol. The Morgan fingerprint density at radius 1 is 1.11 bits per heavy atom. The molecule has 1 aromatic heterocycles. The number of para-hydroxylation sites is 2. The fraction of sp³-hybridized carbons (Fsp3) is 0.300. The fourth-order valence-electron chi connectivity index (χ4n) is 3.22. The SMILES string of the molecule is COC(=O)CN1CCN(c2ccc(Nc3nc4ccccc4o3)cc2)CC1. The van der Waals surface area contributed by atoms with Crippen LogP contribution >= 0.6 is 0 Å².